The Morgan fingerprint density at radius 2 is 1.79 bits per heavy atom. The zero-order chi connectivity index (χ0) is 19.7. The molecule has 4 rings (SSSR count). The molecular formula is C20H19ClF2N4O. The summed E-state index contributed by atoms with van der Waals surface area (Å²) in [5.41, 5.74) is 2.98. The molecule has 1 aromatic heterocycles. The number of urea groups is 1. The SMILES string of the molecule is O=C(Nc1ccc(N2CCC(F)(F)CC2)cc1)Nc1c[nH]c2ccc(Cl)cc12. The second kappa shape index (κ2) is 7.31. The fraction of sp³-hybridized carbons (Fsp3) is 0.250. The van der Waals surface area contributed by atoms with Gasteiger partial charge in [0.25, 0.3) is 5.92 Å². The first-order valence-corrected chi connectivity index (χ1v) is 9.35. The number of piperidine rings is 1. The number of aromatic amines is 1. The van der Waals surface area contributed by atoms with Crippen molar-refractivity contribution in [1.82, 2.24) is 4.98 Å². The zero-order valence-corrected chi connectivity index (χ0v) is 15.7. The molecule has 0 spiro atoms. The van der Waals surface area contributed by atoms with E-state index in [-0.39, 0.29) is 18.9 Å². The number of halogens is 3. The van der Waals surface area contributed by atoms with Crippen LogP contribution in [0.2, 0.25) is 5.02 Å². The molecule has 3 N–H and O–H groups in total. The summed E-state index contributed by atoms with van der Waals surface area (Å²) < 4.78 is 26.6. The van der Waals surface area contributed by atoms with Crippen LogP contribution in [0.3, 0.4) is 0 Å². The van der Waals surface area contributed by atoms with Crippen LogP contribution >= 0.6 is 11.6 Å². The van der Waals surface area contributed by atoms with Gasteiger partial charge in [-0.2, -0.15) is 0 Å². The molecule has 0 bridgehead atoms. The van der Waals surface area contributed by atoms with Gasteiger partial charge in [-0.3, -0.25) is 0 Å². The Hall–Kier alpha value is -2.80. The van der Waals surface area contributed by atoms with Gasteiger partial charge in [0.2, 0.25) is 0 Å². The largest absolute Gasteiger partial charge is 0.371 e. The Labute approximate surface area is 165 Å². The zero-order valence-electron chi connectivity index (χ0n) is 14.9. The number of hydrogen-bond donors (Lipinski definition) is 3. The average Bonchev–Trinajstić information content (AvgIpc) is 3.04. The summed E-state index contributed by atoms with van der Waals surface area (Å²) in [6, 6.07) is 12.2. The predicted octanol–water partition coefficient (Wildman–Crippen LogP) is 5.70. The number of carbonyl (C=O) groups is 1. The lowest BCUT2D eigenvalue weighted by atomic mass is 10.1. The molecule has 3 aromatic rings. The van der Waals surface area contributed by atoms with Crippen LogP contribution in [0.4, 0.5) is 30.6 Å². The number of fused-ring (bicyclic) bond motifs is 1. The summed E-state index contributed by atoms with van der Waals surface area (Å²) in [6.45, 7) is 0.646. The molecule has 1 aliphatic heterocycles. The molecule has 8 heteroatoms. The molecule has 1 aliphatic rings. The summed E-state index contributed by atoms with van der Waals surface area (Å²) in [7, 11) is 0. The predicted molar refractivity (Wildman–Crippen MR) is 109 cm³/mol. The average molecular weight is 405 g/mol. The van der Waals surface area contributed by atoms with Crippen molar-refractivity contribution < 1.29 is 13.6 Å². The number of nitrogens with one attached hydrogen (secondary N) is 3. The lowest BCUT2D eigenvalue weighted by Crippen LogP contribution is -2.39. The number of amides is 2. The number of alkyl halides is 2. The molecule has 2 aromatic carbocycles. The van der Waals surface area contributed by atoms with Gasteiger partial charge in [0.05, 0.1) is 5.69 Å². The highest BCUT2D eigenvalue weighted by molar-refractivity contribution is 6.31. The molecule has 28 heavy (non-hydrogen) atoms. The van der Waals surface area contributed by atoms with Crippen LogP contribution in [0.25, 0.3) is 10.9 Å². The third-order valence-electron chi connectivity index (χ3n) is 4.88. The van der Waals surface area contributed by atoms with E-state index in [1.54, 1.807) is 30.5 Å². The Balaban J connectivity index is 1.39. The summed E-state index contributed by atoms with van der Waals surface area (Å²) in [4.78, 5) is 17.3. The van der Waals surface area contributed by atoms with E-state index in [4.69, 9.17) is 11.6 Å². The number of anilines is 3. The van der Waals surface area contributed by atoms with Crippen molar-refractivity contribution in [3.63, 3.8) is 0 Å². The fourth-order valence-electron chi connectivity index (χ4n) is 3.33. The Morgan fingerprint density at radius 1 is 1.07 bits per heavy atom. The van der Waals surface area contributed by atoms with Crippen molar-refractivity contribution in [3.05, 3.63) is 53.7 Å². The number of H-pyrrole nitrogens is 1. The van der Waals surface area contributed by atoms with Gasteiger partial charge in [-0.25, -0.2) is 13.6 Å². The van der Waals surface area contributed by atoms with Crippen LogP contribution in [0.1, 0.15) is 12.8 Å². The smallest absolute Gasteiger partial charge is 0.323 e. The van der Waals surface area contributed by atoms with E-state index in [0.29, 0.717) is 29.5 Å². The highest BCUT2D eigenvalue weighted by Crippen LogP contribution is 2.31. The molecule has 0 saturated carbocycles. The van der Waals surface area contributed by atoms with Crippen LogP contribution in [-0.2, 0) is 0 Å². The first-order chi connectivity index (χ1) is 13.4. The van der Waals surface area contributed by atoms with Crippen molar-refractivity contribution >= 4 is 45.6 Å². The van der Waals surface area contributed by atoms with E-state index in [9.17, 15) is 13.6 Å². The normalized spacial score (nSPS) is 16.2. The van der Waals surface area contributed by atoms with E-state index in [1.165, 1.54) is 0 Å². The summed E-state index contributed by atoms with van der Waals surface area (Å²) in [6.07, 6.45) is 1.43. The molecule has 2 heterocycles. The van der Waals surface area contributed by atoms with Gasteiger partial charge in [0.1, 0.15) is 0 Å². The summed E-state index contributed by atoms with van der Waals surface area (Å²) >= 11 is 6.02. The van der Waals surface area contributed by atoms with Gasteiger partial charge in [0, 0.05) is 59.4 Å². The number of nitrogens with zero attached hydrogens (tertiary/aromatic N) is 1. The highest BCUT2D eigenvalue weighted by Gasteiger charge is 2.33. The molecule has 0 aliphatic carbocycles. The number of aromatic nitrogens is 1. The van der Waals surface area contributed by atoms with Crippen LogP contribution in [0.5, 0.6) is 0 Å². The van der Waals surface area contributed by atoms with Gasteiger partial charge < -0.3 is 20.5 Å². The van der Waals surface area contributed by atoms with E-state index < -0.39 is 5.92 Å². The van der Waals surface area contributed by atoms with Crippen LogP contribution in [0, 0.1) is 0 Å². The van der Waals surface area contributed by atoms with Crippen molar-refractivity contribution in [2.75, 3.05) is 28.6 Å². The van der Waals surface area contributed by atoms with Crippen molar-refractivity contribution in [2.45, 2.75) is 18.8 Å². The van der Waals surface area contributed by atoms with Gasteiger partial charge in [-0.05, 0) is 42.5 Å². The van der Waals surface area contributed by atoms with Crippen molar-refractivity contribution in [2.24, 2.45) is 0 Å². The van der Waals surface area contributed by atoms with Gasteiger partial charge >= 0.3 is 6.03 Å². The number of benzene rings is 2. The first-order valence-electron chi connectivity index (χ1n) is 8.97. The minimum atomic E-state index is -2.57. The molecular weight excluding hydrogens is 386 g/mol. The van der Waals surface area contributed by atoms with E-state index in [0.717, 1.165) is 16.6 Å². The maximum Gasteiger partial charge on any atom is 0.323 e. The van der Waals surface area contributed by atoms with Crippen molar-refractivity contribution in [3.8, 4) is 0 Å². The Morgan fingerprint density at radius 3 is 2.50 bits per heavy atom. The Bertz CT molecular complexity index is 993. The number of rotatable bonds is 3. The maximum atomic E-state index is 13.3. The lowest BCUT2D eigenvalue weighted by molar-refractivity contribution is -0.0220. The molecule has 1 fully saturated rings. The third-order valence-corrected chi connectivity index (χ3v) is 5.11. The number of carbonyl (C=O) groups excluding carboxylic acids is 1. The standard InChI is InChI=1S/C20H19ClF2N4O/c21-13-1-6-17-16(11-13)18(12-24-17)26-19(28)25-14-2-4-15(5-3-14)27-9-7-20(22,23)8-10-27/h1-6,11-12,24H,7-10H2,(H2,25,26,28). The topological polar surface area (TPSA) is 60.2 Å². The minimum absolute atomic E-state index is 0.135. The quantitative estimate of drug-likeness (QED) is 0.524. The third kappa shape index (κ3) is 4.04. The van der Waals surface area contributed by atoms with Crippen LogP contribution < -0.4 is 15.5 Å². The molecule has 0 radical (unpaired) electrons. The molecule has 1 saturated heterocycles. The van der Waals surface area contributed by atoms with E-state index in [2.05, 4.69) is 15.6 Å². The molecule has 0 atom stereocenters. The van der Waals surface area contributed by atoms with Crippen molar-refractivity contribution in [1.29, 1.82) is 0 Å². The van der Waals surface area contributed by atoms with Gasteiger partial charge in [-0.1, -0.05) is 11.6 Å². The molecule has 146 valence electrons. The highest BCUT2D eigenvalue weighted by atomic mass is 35.5. The summed E-state index contributed by atoms with van der Waals surface area (Å²) in [5, 5.41) is 6.97. The second-order valence-electron chi connectivity index (χ2n) is 6.86. The summed E-state index contributed by atoms with van der Waals surface area (Å²) in [5.74, 6) is -2.57. The first kappa shape index (κ1) is 18.6. The monoisotopic (exact) mass is 404 g/mol. The van der Waals surface area contributed by atoms with Crippen LogP contribution in [0.15, 0.2) is 48.7 Å². The van der Waals surface area contributed by atoms with Gasteiger partial charge in [0.15, 0.2) is 0 Å². The molecule has 2 amide bonds. The molecule has 0 unspecified atom stereocenters. The second-order valence-corrected chi connectivity index (χ2v) is 7.30. The minimum Gasteiger partial charge on any atom is -0.371 e. The fourth-order valence-corrected chi connectivity index (χ4v) is 3.50. The van der Waals surface area contributed by atoms with E-state index >= 15 is 0 Å². The Kier molecular flexibility index (Phi) is 4.85. The lowest BCUT2D eigenvalue weighted by Gasteiger charge is -2.33. The van der Waals surface area contributed by atoms with Crippen LogP contribution in [-0.4, -0.2) is 30.0 Å². The maximum absolute atomic E-state index is 13.3. The molecule has 5 nitrogen and oxygen atoms in total. The van der Waals surface area contributed by atoms with Gasteiger partial charge in [-0.15, -0.1) is 0 Å². The number of hydrogen-bond acceptors (Lipinski definition) is 2. The van der Waals surface area contributed by atoms with E-state index in [1.807, 2.05) is 23.1 Å².